The van der Waals surface area contributed by atoms with Crippen LogP contribution in [0.5, 0.6) is 0 Å². The van der Waals surface area contributed by atoms with Crippen molar-refractivity contribution in [1.29, 1.82) is 0 Å². The highest BCUT2D eigenvalue weighted by Crippen LogP contribution is 2.23. The van der Waals surface area contributed by atoms with E-state index < -0.39 is 29.4 Å². The first-order valence-corrected chi connectivity index (χ1v) is 7.14. The van der Waals surface area contributed by atoms with Gasteiger partial charge in [-0.3, -0.25) is 9.59 Å². The molecule has 0 aromatic heterocycles. The summed E-state index contributed by atoms with van der Waals surface area (Å²) in [6, 6.07) is 1.87. The number of rotatable bonds is 2. The molecule has 1 amide bonds. The number of halogens is 3. The van der Waals surface area contributed by atoms with Gasteiger partial charge in [0.15, 0.2) is 11.6 Å². The molecule has 1 N–H and O–H groups in total. The summed E-state index contributed by atoms with van der Waals surface area (Å²) in [6.07, 6.45) is 0.753. The van der Waals surface area contributed by atoms with Gasteiger partial charge in [-0.05, 0) is 47.6 Å². The Labute approximate surface area is 127 Å². The van der Waals surface area contributed by atoms with Crippen LogP contribution in [0.4, 0.5) is 8.78 Å². The highest BCUT2D eigenvalue weighted by atomic mass is 127. The van der Waals surface area contributed by atoms with Crippen LogP contribution in [0.2, 0.25) is 0 Å². The number of carboxylic acid groups (broad SMARTS) is 1. The second-order valence-corrected chi connectivity index (χ2v) is 5.81. The van der Waals surface area contributed by atoms with Crippen LogP contribution in [0.25, 0.3) is 0 Å². The molecule has 4 nitrogen and oxygen atoms in total. The largest absolute Gasteiger partial charge is 0.481 e. The van der Waals surface area contributed by atoms with Crippen molar-refractivity contribution in [3.8, 4) is 0 Å². The topological polar surface area (TPSA) is 57.6 Å². The van der Waals surface area contributed by atoms with E-state index in [0.717, 1.165) is 12.1 Å². The Kier molecular flexibility index (Phi) is 4.56. The summed E-state index contributed by atoms with van der Waals surface area (Å²) in [5.41, 5.74) is 0.110. The van der Waals surface area contributed by atoms with E-state index in [1.165, 1.54) is 4.90 Å². The molecule has 20 heavy (non-hydrogen) atoms. The van der Waals surface area contributed by atoms with Crippen LogP contribution in [0.1, 0.15) is 23.2 Å². The predicted octanol–water partition coefficient (Wildman–Crippen LogP) is 2.51. The molecular formula is C13H12F2INO3. The monoisotopic (exact) mass is 395 g/mol. The van der Waals surface area contributed by atoms with Crippen LogP contribution < -0.4 is 0 Å². The van der Waals surface area contributed by atoms with Crippen LogP contribution in [-0.4, -0.2) is 35.0 Å². The Morgan fingerprint density at radius 3 is 2.30 bits per heavy atom. The van der Waals surface area contributed by atoms with Crippen molar-refractivity contribution in [3.05, 3.63) is 32.9 Å². The van der Waals surface area contributed by atoms with Crippen molar-refractivity contribution in [2.24, 2.45) is 5.92 Å². The third-order valence-corrected chi connectivity index (χ3v) is 4.26. The number of hydrogen-bond acceptors (Lipinski definition) is 2. The standard InChI is InChI=1S/C13H12F2INO3/c14-9-5-8(11(16)6-10(9)15)12(18)17-3-1-7(2-4-17)13(19)20/h5-7H,1-4H2,(H,19,20). The highest BCUT2D eigenvalue weighted by molar-refractivity contribution is 14.1. The number of carboxylic acids is 1. The number of likely N-dealkylation sites (tertiary alicyclic amines) is 1. The lowest BCUT2D eigenvalue weighted by Gasteiger charge is -2.30. The quantitative estimate of drug-likeness (QED) is 0.619. The fourth-order valence-corrected chi connectivity index (χ4v) is 2.85. The number of piperidine rings is 1. The molecule has 0 saturated carbocycles. The second kappa shape index (κ2) is 6.02. The fraction of sp³-hybridized carbons (Fsp3) is 0.385. The Balaban J connectivity index is 2.13. The van der Waals surface area contributed by atoms with Gasteiger partial charge in [-0.1, -0.05) is 0 Å². The van der Waals surface area contributed by atoms with Crippen molar-refractivity contribution in [2.75, 3.05) is 13.1 Å². The van der Waals surface area contributed by atoms with E-state index in [2.05, 4.69) is 0 Å². The Morgan fingerprint density at radius 1 is 1.20 bits per heavy atom. The molecule has 1 aliphatic heterocycles. The lowest BCUT2D eigenvalue weighted by Crippen LogP contribution is -2.40. The van der Waals surface area contributed by atoms with Crippen LogP contribution in [-0.2, 0) is 4.79 Å². The van der Waals surface area contributed by atoms with Crippen LogP contribution in [0.15, 0.2) is 12.1 Å². The minimum Gasteiger partial charge on any atom is -0.481 e. The van der Waals surface area contributed by atoms with Gasteiger partial charge >= 0.3 is 5.97 Å². The van der Waals surface area contributed by atoms with Gasteiger partial charge < -0.3 is 10.0 Å². The van der Waals surface area contributed by atoms with E-state index in [-0.39, 0.29) is 5.56 Å². The van der Waals surface area contributed by atoms with E-state index in [1.54, 1.807) is 22.6 Å². The molecule has 0 bridgehead atoms. The highest BCUT2D eigenvalue weighted by Gasteiger charge is 2.28. The van der Waals surface area contributed by atoms with E-state index in [1.807, 2.05) is 0 Å². The average Bonchev–Trinajstić information content (AvgIpc) is 2.42. The minimum atomic E-state index is -1.06. The molecule has 1 heterocycles. The summed E-state index contributed by atoms with van der Waals surface area (Å²) in [5.74, 6) is -3.75. The lowest BCUT2D eigenvalue weighted by atomic mass is 9.96. The van der Waals surface area contributed by atoms with Gasteiger partial charge in [0.2, 0.25) is 0 Å². The van der Waals surface area contributed by atoms with Crippen LogP contribution in [0, 0.1) is 21.1 Å². The number of carbonyl (C=O) groups is 2. The van der Waals surface area contributed by atoms with Gasteiger partial charge in [0.25, 0.3) is 5.91 Å². The van der Waals surface area contributed by atoms with Gasteiger partial charge in [-0.25, -0.2) is 8.78 Å². The molecular weight excluding hydrogens is 383 g/mol. The third kappa shape index (κ3) is 3.08. The summed E-state index contributed by atoms with van der Waals surface area (Å²) in [5, 5.41) is 8.90. The molecule has 2 rings (SSSR count). The van der Waals surface area contributed by atoms with Crippen molar-refractivity contribution in [3.63, 3.8) is 0 Å². The van der Waals surface area contributed by atoms with Gasteiger partial charge in [0, 0.05) is 16.7 Å². The molecule has 0 radical (unpaired) electrons. The summed E-state index contributed by atoms with van der Waals surface area (Å²) in [4.78, 5) is 24.6. The number of carbonyl (C=O) groups excluding carboxylic acids is 1. The number of aliphatic carboxylic acids is 1. The van der Waals surface area contributed by atoms with Gasteiger partial charge in [0.05, 0.1) is 11.5 Å². The maximum Gasteiger partial charge on any atom is 0.306 e. The van der Waals surface area contributed by atoms with Crippen LogP contribution >= 0.6 is 22.6 Å². The molecule has 0 aliphatic carbocycles. The number of nitrogens with zero attached hydrogens (tertiary/aromatic N) is 1. The summed E-state index contributed by atoms with van der Waals surface area (Å²) < 4.78 is 26.6. The van der Waals surface area contributed by atoms with Gasteiger partial charge in [0.1, 0.15) is 0 Å². The number of amides is 1. The molecule has 1 aliphatic rings. The third-order valence-electron chi connectivity index (χ3n) is 3.37. The molecule has 0 spiro atoms. The first-order chi connectivity index (χ1) is 9.40. The molecule has 108 valence electrons. The molecule has 1 fully saturated rings. The zero-order chi connectivity index (χ0) is 14.9. The Hall–Kier alpha value is -1.25. The average molecular weight is 395 g/mol. The van der Waals surface area contributed by atoms with Gasteiger partial charge in [-0.2, -0.15) is 0 Å². The maximum atomic E-state index is 13.2. The van der Waals surface area contributed by atoms with E-state index >= 15 is 0 Å². The minimum absolute atomic E-state index is 0.110. The molecule has 0 unspecified atom stereocenters. The van der Waals surface area contributed by atoms with Gasteiger partial charge in [-0.15, -0.1) is 0 Å². The van der Waals surface area contributed by atoms with Crippen molar-refractivity contribution >= 4 is 34.5 Å². The summed E-state index contributed by atoms with van der Waals surface area (Å²) in [7, 11) is 0. The van der Waals surface area contributed by atoms with Crippen molar-refractivity contribution in [2.45, 2.75) is 12.8 Å². The number of hydrogen-bond donors (Lipinski definition) is 1. The number of benzene rings is 1. The molecule has 0 atom stereocenters. The normalized spacial score (nSPS) is 16.2. The zero-order valence-electron chi connectivity index (χ0n) is 10.4. The molecule has 1 aromatic rings. The summed E-state index contributed by atoms with van der Waals surface area (Å²) >= 11 is 1.78. The Morgan fingerprint density at radius 2 is 1.75 bits per heavy atom. The Bertz CT molecular complexity index is 557. The van der Waals surface area contributed by atoms with E-state index in [4.69, 9.17) is 5.11 Å². The van der Waals surface area contributed by atoms with Crippen molar-refractivity contribution in [1.82, 2.24) is 4.90 Å². The molecule has 1 saturated heterocycles. The molecule has 7 heteroatoms. The smallest absolute Gasteiger partial charge is 0.306 e. The predicted molar refractivity (Wildman–Crippen MR) is 75.3 cm³/mol. The molecule has 1 aromatic carbocycles. The second-order valence-electron chi connectivity index (χ2n) is 4.65. The van der Waals surface area contributed by atoms with Crippen LogP contribution in [0.3, 0.4) is 0 Å². The maximum absolute atomic E-state index is 13.2. The van der Waals surface area contributed by atoms with E-state index in [0.29, 0.717) is 29.5 Å². The zero-order valence-corrected chi connectivity index (χ0v) is 12.6. The SMILES string of the molecule is O=C(O)C1CCN(C(=O)c2cc(F)c(F)cc2I)CC1. The fourth-order valence-electron chi connectivity index (χ4n) is 2.19. The first kappa shape index (κ1) is 15.1. The lowest BCUT2D eigenvalue weighted by molar-refractivity contribution is -0.143. The first-order valence-electron chi connectivity index (χ1n) is 6.06. The summed E-state index contributed by atoms with van der Waals surface area (Å²) in [6.45, 7) is 0.621. The van der Waals surface area contributed by atoms with Crippen molar-refractivity contribution < 1.29 is 23.5 Å². The van der Waals surface area contributed by atoms with E-state index in [9.17, 15) is 18.4 Å².